The van der Waals surface area contributed by atoms with Crippen LogP contribution in [0.15, 0.2) is 48.5 Å². The molecule has 1 heteroatoms. The number of hydrogen-bond acceptors (Lipinski definition) is 1. The van der Waals surface area contributed by atoms with Crippen molar-refractivity contribution in [2.45, 2.75) is 32.6 Å². The summed E-state index contributed by atoms with van der Waals surface area (Å²) in [6.45, 7) is 2.20. The lowest BCUT2D eigenvalue weighted by molar-refractivity contribution is 0.717. The van der Waals surface area contributed by atoms with Crippen molar-refractivity contribution in [3.05, 3.63) is 59.7 Å². The predicted molar refractivity (Wildman–Crippen MR) is 79.8 cm³/mol. The van der Waals surface area contributed by atoms with Gasteiger partial charge in [-0.25, -0.2) is 0 Å². The van der Waals surface area contributed by atoms with Gasteiger partial charge < -0.3 is 0 Å². The molecule has 96 valence electrons. The van der Waals surface area contributed by atoms with Crippen molar-refractivity contribution in [2.75, 3.05) is 0 Å². The van der Waals surface area contributed by atoms with Gasteiger partial charge in [-0.3, -0.25) is 0 Å². The van der Waals surface area contributed by atoms with Crippen molar-refractivity contribution >= 4 is 0 Å². The summed E-state index contributed by atoms with van der Waals surface area (Å²) in [5.41, 5.74) is 4.19. The lowest BCUT2D eigenvalue weighted by Crippen LogP contribution is -1.94. The highest BCUT2D eigenvalue weighted by Gasteiger charge is 2.09. The van der Waals surface area contributed by atoms with Crippen LogP contribution >= 0.6 is 0 Å². The fraction of sp³-hybridized carbons (Fsp3) is 0.278. The van der Waals surface area contributed by atoms with Gasteiger partial charge in [0.1, 0.15) is 6.07 Å². The van der Waals surface area contributed by atoms with Gasteiger partial charge in [0, 0.05) is 0 Å². The number of aryl methyl sites for hydroxylation is 1. The molecule has 0 heterocycles. The van der Waals surface area contributed by atoms with Crippen molar-refractivity contribution in [2.24, 2.45) is 0 Å². The zero-order chi connectivity index (χ0) is 13.5. The summed E-state index contributed by atoms with van der Waals surface area (Å²) >= 11 is 0. The van der Waals surface area contributed by atoms with Crippen LogP contribution in [0.3, 0.4) is 0 Å². The van der Waals surface area contributed by atoms with Crippen LogP contribution in [0.2, 0.25) is 0 Å². The van der Waals surface area contributed by atoms with E-state index in [-0.39, 0.29) is 0 Å². The van der Waals surface area contributed by atoms with E-state index >= 15 is 0 Å². The standard InChI is InChI=1S/C18H19N/c1-2-3-5-9-16-12-8-13-17(18(16)14-19)15-10-6-4-7-11-15/h4,6-8,10-13H,2-3,5,9H2,1H3. The Morgan fingerprint density at radius 1 is 0.947 bits per heavy atom. The topological polar surface area (TPSA) is 23.8 Å². The first-order valence-corrected chi connectivity index (χ1v) is 6.94. The summed E-state index contributed by atoms with van der Waals surface area (Å²) in [5, 5.41) is 9.47. The van der Waals surface area contributed by atoms with E-state index in [4.69, 9.17) is 0 Å². The number of unbranched alkanes of at least 4 members (excludes halogenated alkanes) is 2. The fourth-order valence-corrected chi connectivity index (χ4v) is 2.36. The largest absolute Gasteiger partial charge is 0.192 e. The summed E-state index contributed by atoms with van der Waals surface area (Å²) in [6, 6.07) is 18.7. The van der Waals surface area contributed by atoms with Crippen LogP contribution in [-0.4, -0.2) is 0 Å². The highest BCUT2D eigenvalue weighted by atomic mass is 14.3. The third-order valence-corrected chi connectivity index (χ3v) is 3.40. The monoisotopic (exact) mass is 249 g/mol. The minimum atomic E-state index is 0.838. The Hall–Kier alpha value is -2.07. The number of hydrogen-bond donors (Lipinski definition) is 0. The van der Waals surface area contributed by atoms with Crippen LogP contribution in [0, 0.1) is 11.3 Å². The van der Waals surface area contributed by atoms with Crippen molar-refractivity contribution in [1.82, 2.24) is 0 Å². The van der Waals surface area contributed by atoms with E-state index in [1.807, 2.05) is 24.3 Å². The number of rotatable bonds is 5. The average Bonchev–Trinajstić information content (AvgIpc) is 2.48. The molecule has 0 saturated carbocycles. The molecule has 0 aliphatic rings. The van der Waals surface area contributed by atoms with Crippen LogP contribution in [0.25, 0.3) is 11.1 Å². The van der Waals surface area contributed by atoms with E-state index < -0.39 is 0 Å². The van der Waals surface area contributed by atoms with Crippen LogP contribution < -0.4 is 0 Å². The Bertz CT molecular complexity index is 564. The molecule has 0 saturated heterocycles. The molecule has 0 spiro atoms. The van der Waals surface area contributed by atoms with Crippen LogP contribution in [-0.2, 0) is 6.42 Å². The van der Waals surface area contributed by atoms with Gasteiger partial charge in [-0.1, -0.05) is 68.3 Å². The Morgan fingerprint density at radius 2 is 1.74 bits per heavy atom. The number of benzene rings is 2. The molecular formula is C18H19N. The molecule has 0 fully saturated rings. The summed E-state index contributed by atoms with van der Waals surface area (Å²) in [5.74, 6) is 0. The maximum Gasteiger partial charge on any atom is 0.100 e. The Balaban J connectivity index is 2.35. The quantitative estimate of drug-likeness (QED) is 0.687. The summed E-state index contributed by atoms with van der Waals surface area (Å²) in [6.07, 6.45) is 4.58. The summed E-state index contributed by atoms with van der Waals surface area (Å²) < 4.78 is 0. The highest BCUT2D eigenvalue weighted by molar-refractivity contribution is 5.72. The van der Waals surface area contributed by atoms with Gasteiger partial charge in [0.15, 0.2) is 0 Å². The maximum absolute atomic E-state index is 9.47. The first-order chi connectivity index (χ1) is 9.36. The molecule has 0 N–H and O–H groups in total. The zero-order valence-electron chi connectivity index (χ0n) is 11.4. The highest BCUT2D eigenvalue weighted by Crippen LogP contribution is 2.26. The van der Waals surface area contributed by atoms with E-state index in [9.17, 15) is 5.26 Å². The van der Waals surface area contributed by atoms with Gasteiger partial charge in [0.2, 0.25) is 0 Å². The number of nitriles is 1. The normalized spacial score (nSPS) is 10.1. The first-order valence-electron chi connectivity index (χ1n) is 6.94. The molecule has 0 radical (unpaired) electrons. The molecule has 0 amide bonds. The molecular weight excluding hydrogens is 230 g/mol. The lowest BCUT2D eigenvalue weighted by Gasteiger charge is -2.09. The molecule has 0 bridgehead atoms. The van der Waals surface area contributed by atoms with Crippen LogP contribution in [0.5, 0.6) is 0 Å². The Morgan fingerprint density at radius 3 is 2.42 bits per heavy atom. The maximum atomic E-state index is 9.47. The Labute approximate surface area is 115 Å². The number of nitrogens with zero attached hydrogens (tertiary/aromatic N) is 1. The minimum absolute atomic E-state index is 0.838. The molecule has 2 aromatic carbocycles. The third kappa shape index (κ3) is 3.23. The minimum Gasteiger partial charge on any atom is -0.192 e. The second-order valence-corrected chi connectivity index (χ2v) is 4.77. The van der Waals surface area contributed by atoms with Crippen LogP contribution in [0.1, 0.15) is 37.3 Å². The lowest BCUT2D eigenvalue weighted by atomic mass is 9.93. The van der Waals surface area contributed by atoms with Gasteiger partial charge in [-0.15, -0.1) is 0 Å². The van der Waals surface area contributed by atoms with E-state index in [1.54, 1.807) is 0 Å². The van der Waals surface area contributed by atoms with Crippen LogP contribution in [0.4, 0.5) is 0 Å². The van der Waals surface area contributed by atoms with E-state index in [2.05, 4.69) is 37.3 Å². The molecule has 0 atom stereocenters. The molecule has 0 unspecified atom stereocenters. The zero-order valence-corrected chi connectivity index (χ0v) is 11.4. The second kappa shape index (κ2) is 6.75. The van der Waals surface area contributed by atoms with Gasteiger partial charge in [-0.2, -0.15) is 5.26 Å². The van der Waals surface area contributed by atoms with Crippen molar-refractivity contribution in [3.8, 4) is 17.2 Å². The van der Waals surface area contributed by atoms with Gasteiger partial charge in [0.25, 0.3) is 0 Å². The first kappa shape index (κ1) is 13.4. The molecule has 2 aromatic rings. The van der Waals surface area contributed by atoms with Crippen molar-refractivity contribution in [3.63, 3.8) is 0 Å². The van der Waals surface area contributed by atoms with Crippen molar-refractivity contribution < 1.29 is 0 Å². The van der Waals surface area contributed by atoms with E-state index in [1.165, 1.54) is 18.4 Å². The predicted octanol–water partition coefficient (Wildman–Crippen LogP) is 4.96. The third-order valence-electron chi connectivity index (χ3n) is 3.40. The molecule has 2 rings (SSSR count). The van der Waals surface area contributed by atoms with Crippen molar-refractivity contribution in [1.29, 1.82) is 5.26 Å². The summed E-state index contributed by atoms with van der Waals surface area (Å²) in [4.78, 5) is 0. The summed E-state index contributed by atoms with van der Waals surface area (Å²) in [7, 11) is 0. The molecule has 0 aliphatic carbocycles. The molecule has 19 heavy (non-hydrogen) atoms. The van der Waals surface area contributed by atoms with Gasteiger partial charge >= 0.3 is 0 Å². The van der Waals surface area contributed by atoms with Gasteiger partial charge in [0.05, 0.1) is 5.56 Å². The van der Waals surface area contributed by atoms with Gasteiger partial charge in [-0.05, 0) is 29.5 Å². The molecule has 1 nitrogen and oxygen atoms in total. The fourth-order valence-electron chi connectivity index (χ4n) is 2.36. The van der Waals surface area contributed by atoms with E-state index in [0.29, 0.717) is 0 Å². The second-order valence-electron chi connectivity index (χ2n) is 4.77. The average molecular weight is 249 g/mol. The SMILES string of the molecule is CCCCCc1cccc(-c2ccccc2)c1C#N. The molecule has 0 aromatic heterocycles. The smallest absolute Gasteiger partial charge is 0.100 e. The Kier molecular flexibility index (Phi) is 4.75. The van der Waals surface area contributed by atoms with E-state index in [0.717, 1.165) is 29.5 Å². The molecule has 0 aliphatic heterocycles.